The fraction of sp³-hybridized carbons (Fsp3) is 0.333. The molecular weight excluding hydrogens is 434 g/mol. The zero-order chi connectivity index (χ0) is 19.8. The van der Waals surface area contributed by atoms with Gasteiger partial charge in [-0.3, -0.25) is 10.1 Å². The van der Waals surface area contributed by atoms with E-state index in [4.69, 9.17) is 4.74 Å². The lowest BCUT2D eigenvalue weighted by molar-refractivity contribution is -0.135. The zero-order valence-electron chi connectivity index (χ0n) is 15.2. The maximum Gasteiger partial charge on any atom is 0.331 e. The summed E-state index contributed by atoms with van der Waals surface area (Å²) in [7, 11) is 1.25. The molecule has 1 aromatic rings. The molecule has 1 aromatic carbocycles. The summed E-state index contributed by atoms with van der Waals surface area (Å²) in [5.41, 5.74) is 0.761. The van der Waals surface area contributed by atoms with E-state index in [9.17, 15) is 9.59 Å². The standard InChI is InChI=1S/C18H20BrN3O4S/c1-11(2)6-7-26-14-5-4-13(19)8-12(14)10-20-22-18-21-17(24)15(27-18)9-16(23)25-3/h4-5,8-11H,6-7H2,1-3H3,(H,21,22,24)/b15-9+,20-10?. The number of hydrogen-bond acceptors (Lipinski definition) is 7. The molecule has 1 amide bonds. The van der Waals surface area contributed by atoms with Crippen molar-refractivity contribution in [2.24, 2.45) is 16.1 Å². The Morgan fingerprint density at radius 3 is 2.89 bits per heavy atom. The first kappa shape index (κ1) is 21.2. The van der Waals surface area contributed by atoms with Crippen LogP contribution in [0.3, 0.4) is 0 Å². The molecule has 1 N–H and O–H groups in total. The van der Waals surface area contributed by atoms with E-state index in [1.54, 1.807) is 6.21 Å². The number of amides is 1. The molecule has 1 aliphatic heterocycles. The third-order valence-corrected chi connectivity index (χ3v) is 4.76. The van der Waals surface area contributed by atoms with Gasteiger partial charge < -0.3 is 9.47 Å². The van der Waals surface area contributed by atoms with Gasteiger partial charge in [-0.05, 0) is 42.3 Å². The van der Waals surface area contributed by atoms with Gasteiger partial charge in [0.1, 0.15) is 5.75 Å². The van der Waals surface area contributed by atoms with Gasteiger partial charge >= 0.3 is 5.97 Å². The van der Waals surface area contributed by atoms with Crippen molar-refractivity contribution >= 4 is 51.0 Å². The Morgan fingerprint density at radius 1 is 1.41 bits per heavy atom. The quantitative estimate of drug-likeness (QED) is 0.295. The fourth-order valence-corrected chi connectivity index (χ4v) is 3.06. The molecule has 0 radical (unpaired) electrons. The van der Waals surface area contributed by atoms with Gasteiger partial charge in [0.2, 0.25) is 0 Å². The lowest BCUT2D eigenvalue weighted by Crippen LogP contribution is -2.19. The van der Waals surface area contributed by atoms with Crippen LogP contribution in [-0.4, -0.2) is 37.0 Å². The van der Waals surface area contributed by atoms with Crippen LogP contribution in [0.1, 0.15) is 25.8 Å². The van der Waals surface area contributed by atoms with E-state index in [0.717, 1.165) is 34.3 Å². The predicted octanol–water partition coefficient (Wildman–Crippen LogP) is 3.48. The summed E-state index contributed by atoms with van der Waals surface area (Å²) in [4.78, 5) is 23.2. The molecule has 0 spiro atoms. The number of methoxy groups -OCH3 is 1. The van der Waals surface area contributed by atoms with Crippen LogP contribution in [0.2, 0.25) is 0 Å². The minimum Gasteiger partial charge on any atom is -0.493 e. The fourth-order valence-electron chi connectivity index (χ4n) is 1.94. The number of thioether (sulfide) groups is 1. The number of hydrogen-bond donors (Lipinski definition) is 1. The van der Waals surface area contributed by atoms with Gasteiger partial charge in [0.15, 0.2) is 5.17 Å². The van der Waals surface area contributed by atoms with Crippen LogP contribution in [0.15, 0.2) is 43.9 Å². The molecular formula is C18H20BrN3O4S. The van der Waals surface area contributed by atoms with Gasteiger partial charge in [-0.2, -0.15) is 5.10 Å². The number of esters is 1. The Morgan fingerprint density at radius 2 is 2.19 bits per heavy atom. The van der Waals surface area contributed by atoms with Crippen molar-refractivity contribution in [2.45, 2.75) is 20.3 Å². The number of rotatable bonds is 7. The van der Waals surface area contributed by atoms with Crippen LogP contribution in [0.25, 0.3) is 0 Å². The van der Waals surface area contributed by atoms with Crippen molar-refractivity contribution < 1.29 is 19.1 Å². The molecule has 0 aliphatic carbocycles. The molecule has 1 aliphatic rings. The smallest absolute Gasteiger partial charge is 0.331 e. The Bertz CT molecular complexity index is 806. The van der Waals surface area contributed by atoms with Gasteiger partial charge in [-0.1, -0.05) is 29.8 Å². The van der Waals surface area contributed by atoms with E-state index >= 15 is 0 Å². The highest BCUT2D eigenvalue weighted by Gasteiger charge is 2.25. The lowest BCUT2D eigenvalue weighted by Gasteiger charge is -2.10. The van der Waals surface area contributed by atoms with Crippen molar-refractivity contribution in [3.8, 4) is 5.75 Å². The summed E-state index contributed by atoms with van der Waals surface area (Å²) in [6, 6.07) is 5.63. The summed E-state index contributed by atoms with van der Waals surface area (Å²) < 4.78 is 11.2. The van der Waals surface area contributed by atoms with Crippen molar-refractivity contribution in [2.75, 3.05) is 13.7 Å². The zero-order valence-corrected chi connectivity index (χ0v) is 17.6. The van der Waals surface area contributed by atoms with E-state index < -0.39 is 11.9 Å². The van der Waals surface area contributed by atoms with Crippen LogP contribution < -0.4 is 10.1 Å². The molecule has 0 saturated carbocycles. The molecule has 144 valence electrons. The maximum absolute atomic E-state index is 11.8. The van der Waals surface area contributed by atoms with Gasteiger partial charge in [0.05, 0.1) is 24.8 Å². The average Bonchev–Trinajstić information content (AvgIpc) is 2.95. The van der Waals surface area contributed by atoms with Crippen LogP contribution in [0, 0.1) is 5.92 Å². The monoisotopic (exact) mass is 453 g/mol. The second-order valence-electron chi connectivity index (χ2n) is 5.95. The molecule has 0 aromatic heterocycles. The number of nitrogens with zero attached hydrogens (tertiary/aromatic N) is 2. The van der Waals surface area contributed by atoms with Crippen molar-refractivity contribution in [3.05, 3.63) is 39.2 Å². The van der Waals surface area contributed by atoms with E-state index in [1.165, 1.54) is 7.11 Å². The lowest BCUT2D eigenvalue weighted by atomic mass is 10.1. The van der Waals surface area contributed by atoms with Crippen molar-refractivity contribution in [1.29, 1.82) is 0 Å². The normalized spacial score (nSPS) is 17.1. The first-order valence-corrected chi connectivity index (χ1v) is 9.82. The van der Waals surface area contributed by atoms with Crippen LogP contribution in [-0.2, 0) is 14.3 Å². The largest absolute Gasteiger partial charge is 0.493 e. The van der Waals surface area contributed by atoms with Gasteiger partial charge in [-0.25, -0.2) is 4.79 Å². The van der Waals surface area contributed by atoms with E-state index in [0.29, 0.717) is 18.3 Å². The Labute approximate surface area is 170 Å². The second kappa shape index (κ2) is 10.3. The number of amidine groups is 1. The van der Waals surface area contributed by atoms with E-state index in [-0.39, 0.29) is 10.1 Å². The molecule has 1 heterocycles. The molecule has 27 heavy (non-hydrogen) atoms. The number of carbonyl (C=O) groups excluding carboxylic acids is 2. The first-order valence-electron chi connectivity index (χ1n) is 8.21. The Hall–Kier alpha value is -2.13. The SMILES string of the molecule is COC(=O)/C=C1/S/C(=N\N=Cc2cc(Br)ccc2OCCC(C)C)NC1=O. The molecule has 0 bridgehead atoms. The minimum absolute atomic E-state index is 0.205. The van der Waals surface area contributed by atoms with E-state index in [1.807, 2.05) is 18.2 Å². The Kier molecular flexibility index (Phi) is 8.05. The van der Waals surface area contributed by atoms with Crippen LogP contribution >= 0.6 is 27.7 Å². The highest BCUT2D eigenvalue weighted by Crippen LogP contribution is 2.24. The average molecular weight is 454 g/mol. The number of nitrogens with one attached hydrogen (secondary N) is 1. The maximum atomic E-state index is 11.8. The third kappa shape index (κ3) is 6.84. The summed E-state index contributed by atoms with van der Waals surface area (Å²) >= 11 is 4.44. The molecule has 0 atom stereocenters. The molecule has 1 fully saturated rings. The summed E-state index contributed by atoms with van der Waals surface area (Å²) in [5, 5.41) is 10.8. The highest BCUT2D eigenvalue weighted by atomic mass is 79.9. The molecule has 0 unspecified atom stereocenters. The number of benzene rings is 1. The third-order valence-electron chi connectivity index (χ3n) is 3.37. The summed E-state index contributed by atoms with van der Waals surface area (Å²) in [5.74, 6) is 0.241. The van der Waals surface area contributed by atoms with Gasteiger partial charge in [0, 0.05) is 16.1 Å². The topological polar surface area (TPSA) is 89.3 Å². The summed E-state index contributed by atoms with van der Waals surface area (Å²) in [6.45, 7) is 4.89. The Balaban J connectivity index is 2.08. The molecule has 1 saturated heterocycles. The van der Waals surface area contributed by atoms with Gasteiger partial charge in [0.25, 0.3) is 5.91 Å². The predicted molar refractivity (Wildman–Crippen MR) is 110 cm³/mol. The van der Waals surface area contributed by atoms with Crippen molar-refractivity contribution in [1.82, 2.24) is 5.32 Å². The van der Waals surface area contributed by atoms with Crippen LogP contribution in [0.5, 0.6) is 5.75 Å². The van der Waals surface area contributed by atoms with E-state index in [2.05, 4.69) is 50.0 Å². The van der Waals surface area contributed by atoms with Crippen LogP contribution in [0.4, 0.5) is 0 Å². The molecule has 2 rings (SSSR count). The van der Waals surface area contributed by atoms with Gasteiger partial charge in [-0.15, -0.1) is 5.10 Å². The number of carbonyl (C=O) groups is 2. The van der Waals surface area contributed by atoms with Crippen molar-refractivity contribution in [3.63, 3.8) is 0 Å². The summed E-state index contributed by atoms with van der Waals surface area (Å²) in [6.07, 6.45) is 3.62. The molecule has 7 nitrogen and oxygen atoms in total. The first-order chi connectivity index (χ1) is 12.9. The molecule has 9 heteroatoms. The number of ether oxygens (including phenoxy) is 2. The second-order valence-corrected chi connectivity index (χ2v) is 7.90. The highest BCUT2D eigenvalue weighted by molar-refractivity contribution is 9.10. The minimum atomic E-state index is -0.602. The number of halogens is 1.